The number of hydrogen-bond acceptors (Lipinski definition) is 2. The molecular weight excluding hydrogens is 282 g/mol. The topological polar surface area (TPSA) is 21.3 Å². The fourth-order valence-electron chi connectivity index (χ4n) is 1.99. The predicted molar refractivity (Wildman–Crippen MR) is 91.0 cm³/mol. The van der Waals surface area contributed by atoms with Crippen LogP contribution in [0.5, 0.6) is 5.75 Å². The smallest absolute Gasteiger partial charge is 0.120 e. The van der Waals surface area contributed by atoms with Crippen molar-refractivity contribution in [1.82, 2.24) is 5.32 Å². The molecule has 0 aliphatic rings. The Bertz CT molecular complexity index is 514. The first-order valence-corrected chi connectivity index (χ1v) is 7.20. The van der Waals surface area contributed by atoms with Gasteiger partial charge >= 0.3 is 0 Å². The largest absolute Gasteiger partial charge is 0.489 e. The number of benzene rings is 2. The molecule has 114 valence electrons. The highest BCUT2D eigenvalue weighted by molar-refractivity contribution is 5.85. The molecular formula is C18H24ClNO. The molecule has 0 aromatic heterocycles. The second-order valence-electron chi connectivity index (χ2n) is 5.45. The summed E-state index contributed by atoms with van der Waals surface area (Å²) in [6.45, 7) is 6.97. The first-order valence-electron chi connectivity index (χ1n) is 7.20. The number of ether oxygens (including phenoxy) is 1. The van der Waals surface area contributed by atoms with Gasteiger partial charge in [-0.05, 0) is 35.7 Å². The summed E-state index contributed by atoms with van der Waals surface area (Å²) in [6, 6.07) is 18.5. The summed E-state index contributed by atoms with van der Waals surface area (Å²) in [4.78, 5) is 0. The Labute approximate surface area is 133 Å². The van der Waals surface area contributed by atoms with E-state index in [0.717, 1.165) is 18.8 Å². The fourth-order valence-corrected chi connectivity index (χ4v) is 1.99. The molecule has 3 heteroatoms. The van der Waals surface area contributed by atoms with Crippen molar-refractivity contribution in [2.75, 3.05) is 6.54 Å². The van der Waals surface area contributed by atoms with Crippen molar-refractivity contribution in [3.63, 3.8) is 0 Å². The molecule has 2 nitrogen and oxygen atoms in total. The first-order chi connectivity index (χ1) is 9.74. The van der Waals surface area contributed by atoms with Gasteiger partial charge in [-0.1, -0.05) is 56.3 Å². The standard InChI is InChI=1S/C18H23NO.ClH/c1-15(2)12-19-13-17-9-6-10-18(11-17)20-14-16-7-4-3-5-8-16;/h3-11,15,19H,12-14H2,1-2H3;1H. The lowest BCUT2D eigenvalue weighted by molar-refractivity contribution is 0.306. The molecule has 0 radical (unpaired) electrons. The van der Waals surface area contributed by atoms with Crippen molar-refractivity contribution in [1.29, 1.82) is 0 Å². The number of rotatable bonds is 7. The van der Waals surface area contributed by atoms with E-state index in [2.05, 4.69) is 43.4 Å². The molecule has 0 spiro atoms. The van der Waals surface area contributed by atoms with Gasteiger partial charge in [0, 0.05) is 6.54 Å². The molecule has 2 aromatic carbocycles. The maximum absolute atomic E-state index is 5.83. The zero-order valence-electron chi connectivity index (χ0n) is 12.7. The van der Waals surface area contributed by atoms with E-state index in [9.17, 15) is 0 Å². The Kier molecular flexibility index (Phi) is 7.88. The van der Waals surface area contributed by atoms with Crippen LogP contribution in [-0.2, 0) is 13.2 Å². The second-order valence-corrected chi connectivity index (χ2v) is 5.45. The van der Waals surface area contributed by atoms with E-state index >= 15 is 0 Å². The van der Waals surface area contributed by atoms with Crippen LogP contribution in [0.4, 0.5) is 0 Å². The lowest BCUT2D eigenvalue weighted by atomic mass is 10.2. The predicted octanol–water partition coefficient (Wildman–Crippen LogP) is 4.43. The third kappa shape index (κ3) is 6.65. The highest BCUT2D eigenvalue weighted by atomic mass is 35.5. The normalized spacial score (nSPS) is 10.2. The van der Waals surface area contributed by atoms with Crippen molar-refractivity contribution in [3.05, 3.63) is 65.7 Å². The molecule has 0 unspecified atom stereocenters. The molecule has 21 heavy (non-hydrogen) atoms. The van der Waals surface area contributed by atoms with Crippen molar-refractivity contribution in [3.8, 4) is 5.75 Å². The lowest BCUT2D eigenvalue weighted by Crippen LogP contribution is -2.18. The molecule has 0 bridgehead atoms. The van der Waals surface area contributed by atoms with E-state index in [4.69, 9.17) is 4.74 Å². The van der Waals surface area contributed by atoms with Gasteiger partial charge in [0.25, 0.3) is 0 Å². The highest BCUT2D eigenvalue weighted by Gasteiger charge is 1.99. The van der Waals surface area contributed by atoms with Crippen LogP contribution in [0, 0.1) is 5.92 Å². The van der Waals surface area contributed by atoms with Crippen LogP contribution in [-0.4, -0.2) is 6.54 Å². The lowest BCUT2D eigenvalue weighted by Gasteiger charge is -2.10. The molecule has 0 aliphatic carbocycles. The Balaban J connectivity index is 0.00000220. The van der Waals surface area contributed by atoms with Gasteiger partial charge in [-0.25, -0.2) is 0 Å². The van der Waals surface area contributed by atoms with E-state index in [-0.39, 0.29) is 12.4 Å². The summed E-state index contributed by atoms with van der Waals surface area (Å²) in [5.41, 5.74) is 2.45. The van der Waals surface area contributed by atoms with Gasteiger partial charge in [0.1, 0.15) is 12.4 Å². The summed E-state index contributed by atoms with van der Waals surface area (Å²) < 4.78 is 5.83. The van der Waals surface area contributed by atoms with Crippen LogP contribution >= 0.6 is 12.4 Å². The molecule has 1 N–H and O–H groups in total. The molecule has 0 amide bonds. The maximum atomic E-state index is 5.83. The van der Waals surface area contributed by atoms with E-state index < -0.39 is 0 Å². The summed E-state index contributed by atoms with van der Waals surface area (Å²) in [7, 11) is 0. The quantitative estimate of drug-likeness (QED) is 0.817. The van der Waals surface area contributed by atoms with Crippen LogP contribution < -0.4 is 10.1 Å². The van der Waals surface area contributed by atoms with E-state index in [0.29, 0.717) is 12.5 Å². The third-order valence-corrected chi connectivity index (χ3v) is 3.03. The van der Waals surface area contributed by atoms with Crippen molar-refractivity contribution >= 4 is 12.4 Å². The number of halogens is 1. The summed E-state index contributed by atoms with van der Waals surface area (Å²) in [6.07, 6.45) is 0. The van der Waals surface area contributed by atoms with Gasteiger partial charge in [-0.15, -0.1) is 12.4 Å². The minimum atomic E-state index is 0. The van der Waals surface area contributed by atoms with Gasteiger partial charge < -0.3 is 10.1 Å². The van der Waals surface area contributed by atoms with Gasteiger partial charge in [-0.2, -0.15) is 0 Å². The highest BCUT2D eigenvalue weighted by Crippen LogP contribution is 2.15. The van der Waals surface area contributed by atoms with Crippen molar-refractivity contribution in [2.45, 2.75) is 27.0 Å². The zero-order valence-corrected chi connectivity index (χ0v) is 13.5. The van der Waals surface area contributed by atoms with Gasteiger partial charge in [0.05, 0.1) is 0 Å². The Morgan fingerprint density at radius 1 is 0.952 bits per heavy atom. The average molecular weight is 306 g/mol. The number of hydrogen-bond donors (Lipinski definition) is 1. The van der Waals surface area contributed by atoms with Crippen LogP contribution in [0.15, 0.2) is 54.6 Å². The van der Waals surface area contributed by atoms with E-state index in [1.54, 1.807) is 0 Å². The van der Waals surface area contributed by atoms with Crippen molar-refractivity contribution < 1.29 is 4.74 Å². The molecule has 0 saturated carbocycles. The van der Waals surface area contributed by atoms with E-state index in [1.807, 2.05) is 30.3 Å². The minimum Gasteiger partial charge on any atom is -0.489 e. The van der Waals surface area contributed by atoms with Crippen LogP contribution in [0.3, 0.4) is 0 Å². The Morgan fingerprint density at radius 3 is 2.38 bits per heavy atom. The average Bonchev–Trinajstić information content (AvgIpc) is 2.46. The zero-order chi connectivity index (χ0) is 14.2. The maximum Gasteiger partial charge on any atom is 0.120 e. The Hall–Kier alpha value is -1.51. The molecule has 0 fully saturated rings. The van der Waals surface area contributed by atoms with Crippen LogP contribution in [0.1, 0.15) is 25.0 Å². The molecule has 2 rings (SSSR count). The Morgan fingerprint density at radius 2 is 1.67 bits per heavy atom. The summed E-state index contributed by atoms with van der Waals surface area (Å²) >= 11 is 0. The van der Waals surface area contributed by atoms with E-state index in [1.165, 1.54) is 11.1 Å². The van der Waals surface area contributed by atoms with Gasteiger partial charge in [0.2, 0.25) is 0 Å². The second kappa shape index (κ2) is 9.43. The van der Waals surface area contributed by atoms with Gasteiger partial charge in [-0.3, -0.25) is 0 Å². The first kappa shape index (κ1) is 17.5. The van der Waals surface area contributed by atoms with Crippen LogP contribution in [0.25, 0.3) is 0 Å². The molecule has 0 saturated heterocycles. The molecule has 0 heterocycles. The molecule has 0 atom stereocenters. The monoisotopic (exact) mass is 305 g/mol. The summed E-state index contributed by atoms with van der Waals surface area (Å²) in [5, 5.41) is 3.45. The molecule has 0 aliphatic heterocycles. The number of nitrogens with one attached hydrogen (secondary N) is 1. The molecule has 2 aromatic rings. The van der Waals surface area contributed by atoms with Crippen molar-refractivity contribution in [2.24, 2.45) is 5.92 Å². The minimum absolute atomic E-state index is 0. The SMILES string of the molecule is CC(C)CNCc1cccc(OCc2ccccc2)c1.Cl. The fraction of sp³-hybridized carbons (Fsp3) is 0.333. The third-order valence-electron chi connectivity index (χ3n) is 3.03. The van der Waals surface area contributed by atoms with Gasteiger partial charge in [0.15, 0.2) is 0 Å². The summed E-state index contributed by atoms with van der Waals surface area (Å²) in [5.74, 6) is 1.60. The van der Waals surface area contributed by atoms with Crippen LogP contribution in [0.2, 0.25) is 0 Å².